The third-order valence-electron chi connectivity index (χ3n) is 7.75. The van der Waals surface area contributed by atoms with Crippen molar-refractivity contribution in [1.82, 2.24) is 14.4 Å². The lowest BCUT2D eigenvalue weighted by atomic mass is 9.96. The zero-order valence-electron chi connectivity index (χ0n) is 25.6. The van der Waals surface area contributed by atoms with Gasteiger partial charge in [-0.05, 0) is 68.3 Å². The lowest BCUT2D eigenvalue weighted by molar-refractivity contribution is -0.132. The van der Waals surface area contributed by atoms with Crippen LogP contribution in [-0.2, 0) is 9.59 Å². The summed E-state index contributed by atoms with van der Waals surface area (Å²) in [4.78, 5) is 38.4. The molecule has 0 saturated carbocycles. The van der Waals surface area contributed by atoms with E-state index in [0.29, 0.717) is 63.7 Å². The second-order valence-corrected chi connectivity index (χ2v) is 11.7. The number of carbonyl (C=O) groups excluding carboxylic acids is 2. The number of fused-ring (bicyclic) bond motifs is 2. The summed E-state index contributed by atoms with van der Waals surface area (Å²) in [6.45, 7) is 6.83. The third kappa shape index (κ3) is 5.48. The van der Waals surface area contributed by atoms with Crippen LogP contribution in [0, 0.1) is 6.92 Å². The molecule has 45 heavy (non-hydrogen) atoms. The van der Waals surface area contributed by atoms with Crippen molar-refractivity contribution in [3.05, 3.63) is 83.3 Å². The number of hydrogen-bond donors (Lipinski definition) is 1. The molecule has 0 bridgehead atoms. The van der Waals surface area contributed by atoms with Gasteiger partial charge in [0.05, 0.1) is 47.8 Å². The Morgan fingerprint density at radius 2 is 1.84 bits per heavy atom. The van der Waals surface area contributed by atoms with Gasteiger partial charge >= 0.3 is 5.91 Å². The van der Waals surface area contributed by atoms with Crippen molar-refractivity contribution in [2.24, 2.45) is 0 Å². The molecule has 0 aliphatic carbocycles. The van der Waals surface area contributed by atoms with Crippen LogP contribution >= 0.6 is 11.3 Å². The van der Waals surface area contributed by atoms with Crippen molar-refractivity contribution in [2.75, 3.05) is 25.2 Å². The van der Waals surface area contributed by atoms with Crippen molar-refractivity contribution in [2.45, 2.75) is 46.1 Å². The highest BCUT2D eigenvalue weighted by molar-refractivity contribution is 7.22. The lowest BCUT2D eigenvalue weighted by Crippen LogP contribution is -2.29. The Labute approximate surface area is 264 Å². The quantitative estimate of drug-likeness (QED) is 0.0732. The van der Waals surface area contributed by atoms with Crippen LogP contribution in [0.2, 0.25) is 0 Å². The predicted octanol–water partition coefficient (Wildman–Crippen LogP) is 6.86. The summed E-state index contributed by atoms with van der Waals surface area (Å²) in [6.07, 6.45) is 4.78. The number of imidazole rings is 1. The predicted molar refractivity (Wildman–Crippen MR) is 174 cm³/mol. The van der Waals surface area contributed by atoms with Gasteiger partial charge in [-0.1, -0.05) is 43.2 Å². The molecule has 2 aromatic carbocycles. The molecule has 1 saturated heterocycles. The SMILES string of the molecule is CCCCCOc1ccc(C2C(=C(O)c3c(C)nc4ccccn34)C(=O)C(=O)N2c2nc3ccc(OCC)cc3s2)cc1OC. The smallest absolute Gasteiger partial charge is 0.301 e. The fraction of sp³-hybridized carbons (Fsp3) is 0.294. The Morgan fingerprint density at radius 1 is 1.00 bits per heavy atom. The van der Waals surface area contributed by atoms with Crippen LogP contribution in [0.4, 0.5) is 5.13 Å². The zero-order chi connectivity index (χ0) is 31.7. The minimum absolute atomic E-state index is 0.0679. The van der Waals surface area contributed by atoms with E-state index in [4.69, 9.17) is 19.2 Å². The number of benzene rings is 2. The second kappa shape index (κ2) is 12.6. The molecule has 232 valence electrons. The number of ether oxygens (including phenoxy) is 3. The summed E-state index contributed by atoms with van der Waals surface area (Å²) in [6, 6.07) is 15.3. The van der Waals surface area contributed by atoms with Gasteiger partial charge < -0.3 is 19.3 Å². The topological polar surface area (TPSA) is 115 Å². The van der Waals surface area contributed by atoms with Gasteiger partial charge in [-0.2, -0.15) is 0 Å². The summed E-state index contributed by atoms with van der Waals surface area (Å²) in [5.74, 6) is -0.259. The Balaban J connectivity index is 1.52. The average Bonchev–Trinajstić information content (AvgIpc) is 3.69. The number of hydrogen-bond acceptors (Lipinski definition) is 9. The van der Waals surface area contributed by atoms with E-state index >= 15 is 0 Å². The molecular weight excluding hydrogens is 592 g/mol. The number of pyridine rings is 1. The monoisotopic (exact) mass is 626 g/mol. The molecular formula is C34H34N4O6S. The molecule has 11 heteroatoms. The minimum Gasteiger partial charge on any atom is -0.505 e. The number of aliphatic hydroxyl groups excluding tert-OH is 1. The van der Waals surface area contributed by atoms with Crippen LogP contribution in [0.15, 0.2) is 66.4 Å². The molecule has 0 spiro atoms. The summed E-state index contributed by atoms with van der Waals surface area (Å²) >= 11 is 1.27. The number of rotatable bonds is 11. The van der Waals surface area contributed by atoms with Gasteiger partial charge in [0.15, 0.2) is 22.4 Å². The van der Waals surface area contributed by atoms with E-state index in [1.807, 2.05) is 43.3 Å². The van der Waals surface area contributed by atoms with E-state index in [1.54, 1.807) is 42.8 Å². The number of Topliss-reactive ketones (excluding diaryl/α,β-unsaturated/α-hetero) is 1. The highest BCUT2D eigenvalue weighted by Gasteiger charge is 2.49. The molecule has 1 fully saturated rings. The molecule has 0 radical (unpaired) electrons. The summed E-state index contributed by atoms with van der Waals surface area (Å²) in [5, 5.41) is 12.2. The van der Waals surface area contributed by atoms with Crippen LogP contribution in [0.3, 0.4) is 0 Å². The summed E-state index contributed by atoms with van der Waals surface area (Å²) in [5.41, 5.74) is 2.59. The lowest BCUT2D eigenvalue weighted by Gasteiger charge is -2.24. The van der Waals surface area contributed by atoms with Crippen LogP contribution in [0.25, 0.3) is 21.6 Å². The first-order valence-corrected chi connectivity index (χ1v) is 15.8. The highest BCUT2D eigenvalue weighted by atomic mass is 32.1. The standard InChI is InChI=1S/C34H34N4O6S/c1-5-7-10-17-44-24-15-12-21(18-25(24)42-4)30-28(31(39)29-20(3)35-27-11-8-9-16-37(27)29)32(40)33(41)38(30)34-36-23-14-13-22(43-6-2)19-26(23)45-34/h8-9,11-16,18-19,30,39H,5-7,10,17H2,1-4H3. The highest BCUT2D eigenvalue weighted by Crippen LogP contribution is 2.46. The summed E-state index contributed by atoms with van der Waals surface area (Å²) in [7, 11) is 1.54. The molecule has 1 amide bonds. The van der Waals surface area contributed by atoms with E-state index in [1.165, 1.54) is 16.2 Å². The minimum atomic E-state index is -1.01. The van der Waals surface area contributed by atoms with Crippen molar-refractivity contribution >= 4 is 49.8 Å². The third-order valence-corrected chi connectivity index (χ3v) is 8.76. The number of thiazole rings is 1. The average molecular weight is 627 g/mol. The van der Waals surface area contributed by atoms with Crippen LogP contribution in [-0.4, -0.2) is 51.5 Å². The van der Waals surface area contributed by atoms with Crippen LogP contribution in [0.5, 0.6) is 17.2 Å². The van der Waals surface area contributed by atoms with E-state index in [2.05, 4.69) is 11.9 Å². The van der Waals surface area contributed by atoms with E-state index in [9.17, 15) is 14.7 Å². The van der Waals surface area contributed by atoms with E-state index in [-0.39, 0.29) is 11.3 Å². The largest absolute Gasteiger partial charge is 0.505 e. The van der Waals surface area contributed by atoms with Gasteiger partial charge in [0.1, 0.15) is 17.1 Å². The number of aliphatic hydroxyl groups is 1. The maximum absolute atomic E-state index is 13.9. The number of carbonyl (C=O) groups is 2. The van der Waals surface area contributed by atoms with Crippen molar-refractivity contribution < 1.29 is 28.9 Å². The molecule has 6 rings (SSSR count). The number of anilines is 1. The Morgan fingerprint density at radius 3 is 2.62 bits per heavy atom. The van der Waals surface area contributed by atoms with Crippen LogP contribution in [0.1, 0.15) is 56.1 Å². The van der Waals surface area contributed by atoms with Gasteiger partial charge in [0.2, 0.25) is 0 Å². The Kier molecular flexibility index (Phi) is 8.44. The number of aryl methyl sites for hydroxylation is 1. The van der Waals surface area contributed by atoms with Crippen molar-refractivity contribution in [3.8, 4) is 17.2 Å². The molecule has 1 atom stereocenters. The van der Waals surface area contributed by atoms with Crippen LogP contribution < -0.4 is 19.1 Å². The fourth-order valence-corrected chi connectivity index (χ4v) is 6.65. The number of methoxy groups -OCH3 is 1. The maximum atomic E-state index is 13.9. The zero-order valence-corrected chi connectivity index (χ0v) is 26.4. The first-order valence-electron chi connectivity index (χ1n) is 14.9. The molecule has 10 nitrogen and oxygen atoms in total. The van der Waals surface area contributed by atoms with Crippen molar-refractivity contribution in [1.29, 1.82) is 0 Å². The Hall–Kier alpha value is -4.90. The molecule has 5 aromatic rings. The molecule has 1 aliphatic rings. The summed E-state index contributed by atoms with van der Waals surface area (Å²) < 4.78 is 19.9. The second-order valence-electron chi connectivity index (χ2n) is 10.7. The molecule has 1 unspecified atom stereocenters. The number of ketones is 1. The Bertz CT molecular complexity index is 1940. The fourth-order valence-electron chi connectivity index (χ4n) is 5.63. The molecule has 4 heterocycles. The molecule has 1 N–H and O–H groups in total. The normalized spacial score (nSPS) is 16.2. The van der Waals surface area contributed by atoms with Gasteiger partial charge in [-0.3, -0.25) is 18.9 Å². The molecule has 3 aromatic heterocycles. The molecule has 1 aliphatic heterocycles. The van der Waals surface area contributed by atoms with E-state index < -0.39 is 17.7 Å². The first-order chi connectivity index (χ1) is 21.9. The van der Waals surface area contributed by atoms with Gasteiger partial charge in [-0.15, -0.1) is 0 Å². The van der Waals surface area contributed by atoms with Gasteiger partial charge in [0.25, 0.3) is 5.78 Å². The van der Waals surface area contributed by atoms with E-state index in [0.717, 1.165) is 24.0 Å². The van der Waals surface area contributed by atoms with Crippen molar-refractivity contribution in [3.63, 3.8) is 0 Å². The maximum Gasteiger partial charge on any atom is 0.301 e. The first kappa shape index (κ1) is 30.1. The number of nitrogens with zero attached hydrogens (tertiary/aromatic N) is 4. The number of aromatic nitrogens is 3. The van der Waals surface area contributed by atoms with Gasteiger partial charge in [0, 0.05) is 6.20 Å². The van der Waals surface area contributed by atoms with Gasteiger partial charge in [-0.25, -0.2) is 9.97 Å². The number of unbranched alkanes of at least 4 members (excludes halogenated alkanes) is 2. The number of amides is 1.